The number of carbonyl (C=O) groups is 1. The molecule has 3 N–H and O–H groups in total. The monoisotopic (exact) mass is 1280 g/mol. The van der Waals surface area contributed by atoms with E-state index in [1.807, 2.05) is 42.5 Å². The van der Waals surface area contributed by atoms with E-state index in [0.29, 0.717) is 37.8 Å². The first-order chi connectivity index (χ1) is 33.3. The van der Waals surface area contributed by atoms with Crippen LogP contribution in [0.15, 0.2) is 193 Å². The average molecular weight is 1280 g/mol. The first kappa shape index (κ1) is 59.0. The van der Waals surface area contributed by atoms with E-state index in [2.05, 4.69) is 121 Å². The van der Waals surface area contributed by atoms with Crippen molar-refractivity contribution in [2.45, 2.75) is 0 Å². The zero-order valence-corrected chi connectivity index (χ0v) is 44.6. The van der Waals surface area contributed by atoms with E-state index in [9.17, 15) is 4.79 Å². The second-order valence-corrected chi connectivity index (χ2v) is 17.3. The van der Waals surface area contributed by atoms with Crippen LogP contribution in [0.1, 0.15) is 32.6 Å². The Labute approximate surface area is 449 Å². The van der Waals surface area contributed by atoms with E-state index >= 15 is 0 Å². The maximum Gasteiger partial charge on any atom is 0.489 e. The lowest BCUT2D eigenvalue weighted by molar-refractivity contribution is 0.112. The lowest BCUT2D eigenvalue weighted by Crippen LogP contribution is -2.30. The molecule has 6 aromatic heterocycles. The molecule has 14 nitrogen and oxygen atoms in total. The third-order valence-electron chi connectivity index (χ3n) is 7.62. The summed E-state index contributed by atoms with van der Waals surface area (Å²) in [4.78, 5) is 33.0. The zero-order chi connectivity index (χ0) is 50.8. The van der Waals surface area contributed by atoms with Crippen LogP contribution in [0.3, 0.4) is 0 Å². The number of aromatic nitrogens is 6. The van der Waals surface area contributed by atoms with Crippen molar-refractivity contribution in [3.8, 4) is 29.3 Å². The number of benzene rings is 2. The van der Waals surface area contributed by atoms with E-state index in [-0.39, 0.29) is 0 Å². The summed E-state index contributed by atoms with van der Waals surface area (Å²) in [5, 5.41) is 55.1. The van der Waals surface area contributed by atoms with Gasteiger partial charge in [0.05, 0.1) is 22.9 Å². The molecular formula is C47H32BBr5Cl2N10O4. The fourth-order valence-corrected chi connectivity index (χ4v) is 6.32. The average Bonchev–Trinajstić information content (AvgIpc) is 3.37. The molecule has 6 heterocycles. The summed E-state index contributed by atoms with van der Waals surface area (Å²) in [6.07, 6.45) is 21.4. The van der Waals surface area contributed by atoms with Crippen molar-refractivity contribution in [1.29, 1.82) is 15.8 Å². The fraction of sp³-hybridized carbons (Fsp3) is 0. The fourth-order valence-electron chi connectivity index (χ4n) is 4.36. The van der Waals surface area contributed by atoms with Gasteiger partial charge < -0.3 is 15.3 Å². The molecular weight excluding hydrogens is 1250 g/mol. The number of hydrogen-bond acceptors (Lipinski definition) is 14. The summed E-state index contributed by atoms with van der Waals surface area (Å²) in [7, 11) is -1.48. The topological polar surface area (TPSA) is 239 Å². The number of nitriles is 3. The lowest BCUT2D eigenvalue weighted by atomic mass is 9.80. The van der Waals surface area contributed by atoms with E-state index in [4.69, 9.17) is 54.2 Å². The molecule has 0 unspecified atom stereocenters. The van der Waals surface area contributed by atoms with Crippen LogP contribution in [0, 0.1) is 34.0 Å². The van der Waals surface area contributed by atoms with Gasteiger partial charge in [0.25, 0.3) is 0 Å². The molecule has 8 aromatic rings. The molecule has 0 atom stereocenters. The highest BCUT2D eigenvalue weighted by Crippen LogP contribution is 2.29. The Morgan fingerprint density at radius 2 is 0.928 bits per heavy atom. The van der Waals surface area contributed by atoms with Crippen LogP contribution in [0.2, 0.25) is 10.0 Å². The minimum atomic E-state index is -1.48. The maximum atomic E-state index is 10.2. The van der Waals surface area contributed by atoms with Gasteiger partial charge in [0.1, 0.15) is 18.2 Å². The van der Waals surface area contributed by atoms with Crippen molar-refractivity contribution in [1.82, 2.24) is 29.9 Å². The predicted octanol–water partition coefficient (Wildman–Crippen LogP) is 11.9. The lowest BCUT2D eigenvalue weighted by Gasteiger charge is -2.04. The van der Waals surface area contributed by atoms with Crippen molar-refractivity contribution in [3.63, 3.8) is 0 Å². The number of nitrogens with zero attached hydrogens (tertiary/aromatic N) is 10. The second kappa shape index (κ2) is 35.1. The minimum Gasteiger partial charge on any atom is -0.423 e. The van der Waals surface area contributed by atoms with Crippen LogP contribution in [0.25, 0.3) is 11.1 Å². The van der Waals surface area contributed by atoms with Gasteiger partial charge in [-0.25, -0.2) is 0 Å². The van der Waals surface area contributed by atoms with Crippen LogP contribution in [0.5, 0.6) is 0 Å². The quantitative estimate of drug-likeness (QED) is 0.0489. The van der Waals surface area contributed by atoms with Gasteiger partial charge in [0, 0.05) is 134 Å². The van der Waals surface area contributed by atoms with Crippen molar-refractivity contribution in [2.24, 2.45) is 5.16 Å². The van der Waals surface area contributed by atoms with Crippen LogP contribution in [0.4, 0.5) is 0 Å². The van der Waals surface area contributed by atoms with E-state index in [1.54, 1.807) is 116 Å². The summed E-state index contributed by atoms with van der Waals surface area (Å²) < 4.78 is 4.30. The van der Waals surface area contributed by atoms with E-state index in [0.717, 1.165) is 45.3 Å². The van der Waals surface area contributed by atoms with Gasteiger partial charge >= 0.3 is 7.12 Å². The third-order valence-corrected chi connectivity index (χ3v) is 11.7. The number of aldehydes is 1. The van der Waals surface area contributed by atoms with Crippen LogP contribution < -0.4 is 5.46 Å². The highest BCUT2D eigenvalue weighted by atomic mass is 79.9. The van der Waals surface area contributed by atoms with E-state index in [1.165, 1.54) is 24.8 Å². The van der Waals surface area contributed by atoms with Gasteiger partial charge in [-0.1, -0.05) is 96.6 Å². The molecule has 8 rings (SSSR count). The number of hydrogen-bond donors (Lipinski definition) is 3. The standard InChI is InChI=1S/C12H7ClN2.C6H6BClO2.C6H5BrN2O.2C6H3BrN2.C6H4BrNO.C5H4BrN/c13-12-4-2-1-3-11(12)10-5-6-15-8-9(10)7-14;8-6-4-2-1-3-5(6)7(9)10;7-6-1-2-8-3-5(6)4-9-10;2*7-6-1-2-9-4-5(6)3-8;7-6-1-2-8-3-5(6)4-9;6-5-1-3-7-4-2-5/h1-6,8H;1-4,9-10H;1-4,10H;2*1-2,4H;1-4H;1-4H/b;;9-4+;;;;. The summed E-state index contributed by atoms with van der Waals surface area (Å²) in [5.74, 6) is 0. The largest absolute Gasteiger partial charge is 0.489 e. The Morgan fingerprint density at radius 3 is 1.29 bits per heavy atom. The number of rotatable bonds is 4. The molecule has 2 aromatic carbocycles. The SMILES string of the molecule is Brc1ccncc1.N#Cc1cnccc1-c1ccccc1Cl.N#Cc1cnccc1Br.N#Cc1cnccc1Br.O/N=C/c1cnccc1Br.O=Cc1cnccc1Br.OB(O)c1ccccc1Cl. The van der Waals surface area contributed by atoms with Gasteiger partial charge in [-0.05, 0) is 102 Å². The molecule has 22 heteroatoms. The van der Waals surface area contributed by atoms with Gasteiger partial charge in [-0.3, -0.25) is 34.7 Å². The number of carbonyl (C=O) groups excluding carboxylic acids is 1. The molecule has 0 saturated heterocycles. The first-order valence-electron chi connectivity index (χ1n) is 18.9. The molecule has 69 heavy (non-hydrogen) atoms. The zero-order valence-electron chi connectivity index (χ0n) is 35.2. The minimum absolute atomic E-state index is 0.337. The summed E-state index contributed by atoms with van der Waals surface area (Å²) in [6.45, 7) is 0. The maximum absolute atomic E-state index is 10.2. The van der Waals surface area contributed by atoms with Crippen LogP contribution >= 0.6 is 103 Å². The van der Waals surface area contributed by atoms with Gasteiger partial charge in [0.2, 0.25) is 0 Å². The Morgan fingerprint density at radius 1 is 0.507 bits per heavy atom. The number of halogens is 7. The van der Waals surface area contributed by atoms with Crippen LogP contribution in [-0.4, -0.2) is 64.8 Å². The number of pyridine rings is 6. The van der Waals surface area contributed by atoms with Gasteiger partial charge in [0.15, 0.2) is 6.29 Å². The first-order valence-corrected chi connectivity index (χ1v) is 23.6. The third kappa shape index (κ3) is 23.2. The van der Waals surface area contributed by atoms with Crippen molar-refractivity contribution in [3.05, 3.63) is 226 Å². The molecule has 0 saturated carbocycles. The molecule has 346 valence electrons. The molecule has 0 aliphatic heterocycles. The summed E-state index contributed by atoms with van der Waals surface area (Å²) >= 11 is 27.8. The van der Waals surface area contributed by atoms with Crippen LogP contribution in [-0.2, 0) is 0 Å². The molecule has 0 fully saturated rings. The summed E-state index contributed by atoms with van der Waals surface area (Å²) in [5.41, 5.74) is 5.02. The Bertz CT molecular complexity index is 2930. The van der Waals surface area contributed by atoms with Gasteiger partial charge in [-0.2, -0.15) is 15.8 Å². The Kier molecular flexibility index (Phi) is 30.0. The van der Waals surface area contributed by atoms with Crippen molar-refractivity contribution in [2.75, 3.05) is 0 Å². The predicted molar refractivity (Wildman–Crippen MR) is 285 cm³/mol. The number of oxime groups is 1. The van der Waals surface area contributed by atoms with Crippen molar-refractivity contribution >= 4 is 128 Å². The normalized spacial score (nSPS) is 9.25. The smallest absolute Gasteiger partial charge is 0.423 e. The molecule has 0 aliphatic rings. The summed E-state index contributed by atoms with van der Waals surface area (Å²) in [6, 6.07) is 32.6. The molecule has 0 bridgehead atoms. The Hall–Kier alpha value is -6.09. The molecule has 0 aliphatic carbocycles. The highest BCUT2D eigenvalue weighted by Gasteiger charge is 2.13. The molecule has 0 radical (unpaired) electrons. The van der Waals surface area contributed by atoms with Gasteiger partial charge in [-0.15, -0.1) is 0 Å². The molecule has 0 amide bonds. The highest BCUT2D eigenvalue weighted by molar-refractivity contribution is 9.11. The molecule has 0 spiro atoms. The van der Waals surface area contributed by atoms with Crippen molar-refractivity contribution < 1.29 is 20.0 Å². The van der Waals surface area contributed by atoms with E-state index < -0.39 is 7.12 Å². The Balaban J connectivity index is 0.000000280. The second-order valence-electron chi connectivity index (χ2n) is 12.2.